The lowest BCUT2D eigenvalue weighted by molar-refractivity contribution is 0.0106. The molecule has 0 saturated heterocycles. The van der Waals surface area contributed by atoms with E-state index in [4.69, 9.17) is 9.47 Å². The molecule has 1 heterocycles. The average Bonchev–Trinajstić information content (AvgIpc) is 3.28. The molecule has 154 valence electrons. The summed E-state index contributed by atoms with van der Waals surface area (Å²) in [7, 11) is 0. The smallest absolute Gasteiger partial charge is 0.127 e. The van der Waals surface area contributed by atoms with Crippen molar-refractivity contribution in [2.45, 2.75) is 44.3 Å². The van der Waals surface area contributed by atoms with Crippen LogP contribution in [-0.4, -0.2) is 30.0 Å². The van der Waals surface area contributed by atoms with Gasteiger partial charge >= 0.3 is 0 Å². The third kappa shape index (κ3) is 3.81. The molecule has 1 saturated carbocycles. The fourth-order valence-electron chi connectivity index (χ4n) is 4.73. The first-order chi connectivity index (χ1) is 13.9. The van der Waals surface area contributed by atoms with Gasteiger partial charge in [0.2, 0.25) is 0 Å². The molecular formula is C24H26F2O3. The maximum Gasteiger partial charge on any atom is 0.127 e. The molecule has 5 heteroatoms. The second kappa shape index (κ2) is 7.88. The largest absolute Gasteiger partial charge is 0.490 e. The molecule has 0 amide bonds. The number of rotatable bonds is 5. The molecular weight excluding hydrogens is 374 g/mol. The van der Waals surface area contributed by atoms with Crippen LogP contribution in [-0.2, 0) is 4.74 Å². The van der Waals surface area contributed by atoms with Crippen LogP contribution in [0.25, 0.3) is 5.57 Å². The summed E-state index contributed by atoms with van der Waals surface area (Å²) in [5.74, 6) is -0.0558. The van der Waals surface area contributed by atoms with Crippen molar-refractivity contribution < 1.29 is 23.4 Å². The lowest BCUT2D eigenvalue weighted by atomic mass is 9.80. The minimum atomic E-state index is -0.595. The van der Waals surface area contributed by atoms with Crippen molar-refractivity contribution in [1.29, 1.82) is 0 Å². The zero-order chi connectivity index (χ0) is 20.6. The third-order valence-electron chi connectivity index (χ3n) is 5.93. The number of ether oxygens (including phenoxy) is 2. The molecule has 1 unspecified atom stereocenters. The summed E-state index contributed by atoms with van der Waals surface area (Å²) in [6, 6.07) is 10.9. The van der Waals surface area contributed by atoms with Gasteiger partial charge in [-0.2, -0.15) is 0 Å². The summed E-state index contributed by atoms with van der Waals surface area (Å²) < 4.78 is 39.7. The molecule has 3 atom stereocenters. The molecule has 1 aliphatic heterocycles. The van der Waals surface area contributed by atoms with E-state index in [1.807, 2.05) is 13.8 Å². The van der Waals surface area contributed by atoms with Crippen LogP contribution in [0.5, 0.6) is 5.75 Å². The molecule has 2 aromatic carbocycles. The van der Waals surface area contributed by atoms with Crippen molar-refractivity contribution in [2.75, 3.05) is 13.2 Å². The highest BCUT2D eigenvalue weighted by Crippen LogP contribution is 2.53. The maximum atomic E-state index is 14.0. The molecule has 1 spiro atoms. The number of halogens is 2. The molecule has 0 radical (unpaired) electrons. The van der Waals surface area contributed by atoms with Gasteiger partial charge in [-0.25, -0.2) is 8.78 Å². The second-order valence-electron chi connectivity index (χ2n) is 8.23. The summed E-state index contributed by atoms with van der Waals surface area (Å²) in [5, 5.41) is 9.94. The lowest BCUT2D eigenvalue weighted by Gasteiger charge is -2.32. The molecule has 1 N–H and O–H groups in total. The molecule has 2 aromatic rings. The number of hydrogen-bond acceptors (Lipinski definition) is 3. The molecule has 0 aromatic heterocycles. The summed E-state index contributed by atoms with van der Waals surface area (Å²) >= 11 is 0. The van der Waals surface area contributed by atoms with Gasteiger partial charge in [0.05, 0.1) is 18.3 Å². The van der Waals surface area contributed by atoms with Crippen LogP contribution in [0.15, 0.2) is 48.5 Å². The molecule has 1 fully saturated rings. The Hall–Kier alpha value is -2.24. The predicted octanol–water partition coefficient (Wildman–Crippen LogP) is 5.09. The Morgan fingerprint density at radius 2 is 1.86 bits per heavy atom. The Morgan fingerprint density at radius 1 is 1.14 bits per heavy atom. The van der Waals surface area contributed by atoms with Gasteiger partial charge in [-0.15, -0.1) is 0 Å². The number of hydrogen-bond donors (Lipinski definition) is 1. The van der Waals surface area contributed by atoms with Gasteiger partial charge in [-0.05, 0) is 80.2 Å². The molecule has 4 rings (SSSR count). The van der Waals surface area contributed by atoms with Gasteiger partial charge in [0, 0.05) is 18.1 Å². The zero-order valence-corrected chi connectivity index (χ0v) is 16.7. The zero-order valence-electron chi connectivity index (χ0n) is 16.7. The second-order valence-corrected chi connectivity index (χ2v) is 8.23. The van der Waals surface area contributed by atoms with Crippen LogP contribution < -0.4 is 4.74 Å². The number of aliphatic hydroxyl groups is 1. The van der Waals surface area contributed by atoms with Crippen molar-refractivity contribution >= 4 is 5.57 Å². The van der Waals surface area contributed by atoms with Gasteiger partial charge < -0.3 is 14.6 Å². The van der Waals surface area contributed by atoms with Crippen LogP contribution in [0.1, 0.15) is 43.7 Å². The van der Waals surface area contributed by atoms with Crippen LogP contribution >= 0.6 is 0 Å². The van der Waals surface area contributed by atoms with E-state index in [0.717, 1.165) is 24.0 Å². The monoisotopic (exact) mass is 400 g/mol. The number of aliphatic hydroxyl groups excluding tert-OH is 1. The van der Waals surface area contributed by atoms with E-state index in [9.17, 15) is 13.9 Å². The van der Waals surface area contributed by atoms with E-state index in [1.165, 1.54) is 24.3 Å². The van der Waals surface area contributed by atoms with E-state index >= 15 is 0 Å². The quantitative estimate of drug-likeness (QED) is 0.760. The van der Waals surface area contributed by atoms with Crippen LogP contribution in [0.2, 0.25) is 0 Å². The average molecular weight is 400 g/mol. The summed E-state index contributed by atoms with van der Waals surface area (Å²) in [6.45, 7) is 4.24. The summed E-state index contributed by atoms with van der Waals surface area (Å²) in [4.78, 5) is 0. The fourth-order valence-corrected chi connectivity index (χ4v) is 4.73. The first-order valence-electron chi connectivity index (χ1n) is 10.1. The topological polar surface area (TPSA) is 38.7 Å². The highest BCUT2D eigenvalue weighted by molar-refractivity contribution is 5.74. The van der Waals surface area contributed by atoms with Crippen molar-refractivity contribution in [3.05, 3.63) is 71.3 Å². The minimum absolute atomic E-state index is 0.0231. The van der Waals surface area contributed by atoms with Crippen molar-refractivity contribution in [2.24, 2.45) is 5.92 Å². The summed E-state index contributed by atoms with van der Waals surface area (Å²) in [5.41, 5.74) is 1.92. The highest BCUT2D eigenvalue weighted by Gasteiger charge is 2.51. The predicted molar refractivity (Wildman–Crippen MR) is 108 cm³/mol. The Balaban J connectivity index is 1.74. The normalized spacial score (nSPS) is 26.3. The highest BCUT2D eigenvalue weighted by atomic mass is 19.1. The Bertz CT molecular complexity index is 907. The molecule has 3 nitrogen and oxygen atoms in total. The first-order valence-corrected chi connectivity index (χ1v) is 10.1. The minimum Gasteiger partial charge on any atom is -0.490 e. The Morgan fingerprint density at radius 3 is 2.55 bits per heavy atom. The van der Waals surface area contributed by atoms with Crippen molar-refractivity contribution in [3.8, 4) is 5.75 Å². The maximum absolute atomic E-state index is 14.0. The van der Waals surface area contributed by atoms with Crippen LogP contribution in [0, 0.1) is 17.6 Å². The Kier molecular flexibility index (Phi) is 5.45. The Labute approximate surface area is 170 Å². The van der Waals surface area contributed by atoms with E-state index in [1.54, 1.807) is 18.2 Å². The van der Waals surface area contributed by atoms with Gasteiger partial charge in [0.1, 0.15) is 17.4 Å². The summed E-state index contributed by atoms with van der Waals surface area (Å²) in [6.07, 6.45) is 3.59. The van der Waals surface area contributed by atoms with E-state index < -0.39 is 5.60 Å². The van der Waals surface area contributed by atoms with Crippen LogP contribution in [0.3, 0.4) is 0 Å². The standard InChI is InChI=1S/C24H26F2O3/c1-15(2)29-22-8-7-20(26)11-21(22)18-12-24(28-14-18)10-9-17(13-27)23(24)16-3-5-19(25)6-4-16/h3-8,11-12,15,17,23,27H,9-10,13-14H2,1-2H3/t17?,23-,24-/m1/s1. The number of benzene rings is 2. The van der Waals surface area contributed by atoms with Crippen molar-refractivity contribution in [3.63, 3.8) is 0 Å². The molecule has 2 aliphatic rings. The third-order valence-corrected chi connectivity index (χ3v) is 5.93. The van der Waals surface area contributed by atoms with Gasteiger partial charge in [-0.3, -0.25) is 0 Å². The lowest BCUT2D eigenvalue weighted by Crippen LogP contribution is -2.33. The molecule has 0 bridgehead atoms. The first kappa shape index (κ1) is 20.0. The SMILES string of the molecule is CC(C)Oc1ccc(F)cc1C1=C[C@@]2(CCC(CO)[C@H]2c2ccc(F)cc2)OC1. The van der Waals surface area contributed by atoms with E-state index in [-0.39, 0.29) is 36.2 Å². The van der Waals surface area contributed by atoms with E-state index in [2.05, 4.69) is 6.08 Å². The van der Waals surface area contributed by atoms with Gasteiger partial charge in [0.15, 0.2) is 0 Å². The van der Waals surface area contributed by atoms with Crippen molar-refractivity contribution in [1.82, 2.24) is 0 Å². The van der Waals surface area contributed by atoms with Crippen LogP contribution in [0.4, 0.5) is 8.78 Å². The van der Waals surface area contributed by atoms with E-state index in [0.29, 0.717) is 17.9 Å². The molecule has 29 heavy (non-hydrogen) atoms. The molecule has 1 aliphatic carbocycles. The fraction of sp³-hybridized carbons (Fsp3) is 0.417. The van der Waals surface area contributed by atoms with Gasteiger partial charge in [-0.1, -0.05) is 12.1 Å². The van der Waals surface area contributed by atoms with Gasteiger partial charge in [0.25, 0.3) is 0 Å².